The first-order valence-electron chi connectivity index (χ1n) is 13.8. The van der Waals surface area contributed by atoms with Crippen LogP contribution in [0.4, 0.5) is 17.1 Å². The van der Waals surface area contributed by atoms with Gasteiger partial charge in [0, 0.05) is 64.6 Å². The molecule has 210 valence electrons. The minimum Gasteiger partial charge on any atom is -0.393 e. The smallest absolute Gasteiger partial charge is 0.257 e. The van der Waals surface area contributed by atoms with Gasteiger partial charge < -0.3 is 25.6 Å². The van der Waals surface area contributed by atoms with Crippen LogP contribution in [0.5, 0.6) is 0 Å². The number of amides is 2. The fourth-order valence-corrected chi connectivity index (χ4v) is 4.99. The van der Waals surface area contributed by atoms with E-state index in [2.05, 4.69) is 25.5 Å². The SMILES string of the molecule is O=C(Nc1ccc(C(=O)c2ccc(NC(=O)c3cnc4[nH]ccc4c3)cc2)cc1)c1ccc(N2CCC(O)CC2)cc1. The number of aromatic nitrogens is 2. The Bertz CT molecular complexity index is 1740. The number of aliphatic hydroxyl groups excluding tert-OH is 1. The monoisotopic (exact) mass is 559 g/mol. The highest BCUT2D eigenvalue weighted by Gasteiger charge is 2.18. The molecule has 2 aromatic heterocycles. The van der Waals surface area contributed by atoms with E-state index in [0.29, 0.717) is 39.3 Å². The van der Waals surface area contributed by atoms with Gasteiger partial charge >= 0.3 is 0 Å². The maximum Gasteiger partial charge on any atom is 0.257 e. The lowest BCUT2D eigenvalue weighted by molar-refractivity contribution is 0.101. The number of hydrogen-bond acceptors (Lipinski definition) is 6. The highest BCUT2D eigenvalue weighted by atomic mass is 16.3. The molecular formula is C33H29N5O4. The van der Waals surface area contributed by atoms with Crippen LogP contribution in [0.1, 0.15) is 49.5 Å². The van der Waals surface area contributed by atoms with Crippen LogP contribution in [0.3, 0.4) is 0 Å². The summed E-state index contributed by atoms with van der Waals surface area (Å²) in [5.41, 5.74) is 4.81. The Hall–Kier alpha value is -5.28. The third-order valence-electron chi connectivity index (χ3n) is 7.43. The van der Waals surface area contributed by atoms with Crippen molar-refractivity contribution in [1.29, 1.82) is 0 Å². The highest BCUT2D eigenvalue weighted by Crippen LogP contribution is 2.22. The molecule has 9 nitrogen and oxygen atoms in total. The van der Waals surface area contributed by atoms with Gasteiger partial charge in [-0.2, -0.15) is 0 Å². The van der Waals surface area contributed by atoms with Gasteiger partial charge in [-0.1, -0.05) is 0 Å². The van der Waals surface area contributed by atoms with Gasteiger partial charge in [-0.3, -0.25) is 14.4 Å². The molecular weight excluding hydrogens is 530 g/mol. The van der Waals surface area contributed by atoms with Crippen molar-refractivity contribution in [2.24, 2.45) is 0 Å². The molecule has 3 aromatic carbocycles. The Kier molecular flexibility index (Phi) is 7.49. The lowest BCUT2D eigenvalue weighted by atomic mass is 10.0. The van der Waals surface area contributed by atoms with Gasteiger partial charge in [0.25, 0.3) is 11.8 Å². The van der Waals surface area contributed by atoms with Gasteiger partial charge in [-0.05, 0) is 97.8 Å². The third-order valence-corrected chi connectivity index (χ3v) is 7.43. The molecule has 4 N–H and O–H groups in total. The van der Waals surface area contributed by atoms with Crippen LogP contribution in [0.15, 0.2) is 97.3 Å². The molecule has 1 aliphatic rings. The molecule has 1 fully saturated rings. The number of rotatable bonds is 7. The van der Waals surface area contributed by atoms with E-state index in [1.165, 1.54) is 6.20 Å². The van der Waals surface area contributed by atoms with E-state index in [1.54, 1.807) is 72.9 Å². The Labute approximate surface area is 242 Å². The molecule has 0 aliphatic carbocycles. The molecule has 1 aliphatic heterocycles. The second-order valence-corrected chi connectivity index (χ2v) is 10.3. The summed E-state index contributed by atoms with van der Waals surface area (Å²) in [6.45, 7) is 1.59. The Balaban J connectivity index is 1.04. The summed E-state index contributed by atoms with van der Waals surface area (Å²) >= 11 is 0. The van der Waals surface area contributed by atoms with Crippen LogP contribution in [-0.4, -0.2) is 51.9 Å². The molecule has 5 aromatic rings. The number of carbonyl (C=O) groups excluding carboxylic acids is 3. The molecule has 2 amide bonds. The van der Waals surface area contributed by atoms with Crippen LogP contribution in [0.25, 0.3) is 11.0 Å². The number of aliphatic hydroxyl groups is 1. The molecule has 0 radical (unpaired) electrons. The largest absolute Gasteiger partial charge is 0.393 e. The van der Waals surface area contributed by atoms with Crippen molar-refractivity contribution >= 4 is 45.7 Å². The fraction of sp³-hybridized carbons (Fsp3) is 0.152. The first-order valence-corrected chi connectivity index (χ1v) is 13.8. The van der Waals surface area contributed by atoms with Crippen molar-refractivity contribution < 1.29 is 19.5 Å². The van der Waals surface area contributed by atoms with Gasteiger partial charge in [0.05, 0.1) is 11.7 Å². The van der Waals surface area contributed by atoms with E-state index in [0.717, 1.165) is 37.0 Å². The molecule has 0 bridgehead atoms. The van der Waals surface area contributed by atoms with Crippen LogP contribution in [-0.2, 0) is 0 Å². The molecule has 42 heavy (non-hydrogen) atoms. The molecule has 0 unspecified atom stereocenters. The van der Waals surface area contributed by atoms with Crippen LogP contribution >= 0.6 is 0 Å². The van der Waals surface area contributed by atoms with Gasteiger partial charge in [0.1, 0.15) is 5.65 Å². The lowest BCUT2D eigenvalue weighted by Gasteiger charge is -2.31. The van der Waals surface area contributed by atoms with Crippen LogP contribution in [0, 0.1) is 0 Å². The Morgan fingerprint density at radius 3 is 1.88 bits per heavy atom. The average molecular weight is 560 g/mol. The predicted molar refractivity (Wildman–Crippen MR) is 162 cm³/mol. The second-order valence-electron chi connectivity index (χ2n) is 10.3. The maximum atomic E-state index is 13.0. The number of aromatic amines is 1. The zero-order chi connectivity index (χ0) is 29.1. The number of anilines is 3. The number of benzene rings is 3. The first kappa shape index (κ1) is 26.9. The zero-order valence-electron chi connectivity index (χ0n) is 22.7. The zero-order valence-corrected chi connectivity index (χ0v) is 22.7. The second kappa shape index (κ2) is 11.7. The number of pyridine rings is 1. The van der Waals surface area contributed by atoms with Gasteiger partial charge in [0.15, 0.2) is 5.78 Å². The summed E-state index contributed by atoms with van der Waals surface area (Å²) in [6.07, 6.45) is 4.54. The first-order chi connectivity index (χ1) is 20.4. The summed E-state index contributed by atoms with van der Waals surface area (Å²) in [7, 11) is 0. The minimum atomic E-state index is -0.291. The number of H-pyrrole nitrogens is 1. The number of hydrogen-bond donors (Lipinski definition) is 4. The number of carbonyl (C=O) groups is 3. The molecule has 1 saturated heterocycles. The van der Waals surface area contributed by atoms with Crippen molar-refractivity contribution in [2.45, 2.75) is 18.9 Å². The van der Waals surface area contributed by atoms with E-state index >= 15 is 0 Å². The van der Waals surface area contributed by atoms with E-state index in [1.807, 2.05) is 18.2 Å². The predicted octanol–water partition coefficient (Wildman–Crippen LogP) is 5.26. The van der Waals surface area contributed by atoms with Crippen LogP contribution in [0.2, 0.25) is 0 Å². The molecule has 0 saturated carbocycles. The summed E-state index contributed by atoms with van der Waals surface area (Å²) in [5.74, 6) is -0.703. The molecule has 3 heterocycles. The van der Waals surface area contributed by atoms with Crippen molar-refractivity contribution in [1.82, 2.24) is 9.97 Å². The van der Waals surface area contributed by atoms with E-state index < -0.39 is 0 Å². The normalized spacial score (nSPS) is 13.6. The lowest BCUT2D eigenvalue weighted by Crippen LogP contribution is -2.35. The number of ketones is 1. The van der Waals surface area contributed by atoms with E-state index in [9.17, 15) is 19.5 Å². The Morgan fingerprint density at radius 1 is 0.738 bits per heavy atom. The molecule has 0 spiro atoms. The summed E-state index contributed by atoms with van der Waals surface area (Å²) in [5, 5.41) is 16.3. The minimum absolute atomic E-state index is 0.173. The van der Waals surface area contributed by atoms with Crippen molar-refractivity contribution in [3.8, 4) is 0 Å². The Morgan fingerprint density at radius 2 is 1.29 bits per heavy atom. The average Bonchev–Trinajstić information content (AvgIpc) is 3.50. The number of fused-ring (bicyclic) bond motifs is 1. The topological polar surface area (TPSA) is 127 Å². The number of nitrogens with one attached hydrogen (secondary N) is 3. The maximum absolute atomic E-state index is 13.0. The number of nitrogens with zero attached hydrogens (tertiary/aromatic N) is 2. The molecule has 0 atom stereocenters. The van der Waals surface area contributed by atoms with Crippen molar-refractivity contribution in [3.63, 3.8) is 0 Å². The van der Waals surface area contributed by atoms with E-state index in [-0.39, 0.29) is 23.7 Å². The van der Waals surface area contributed by atoms with Gasteiger partial charge in [-0.25, -0.2) is 4.98 Å². The van der Waals surface area contributed by atoms with Gasteiger partial charge in [-0.15, -0.1) is 0 Å². The molecule has 9 heteroatoms. The van der Waals surface area contributed by atoms with Crippen molar-refractivity contribution in [3.05, 3.63) is 120 Å². The summed E-state index contributed by atoms with van der Waals surface area (Å²) < 4.78 is 0. The fourth-order valence-electron chi connectivity index (χ4n) is 4.99. The van der Waals surface area contributed by atoms with Crippen LogP contribution < -0.4 is 15.5 Å². The molecule has 6 rings (SSSR count). The highest BCUT2D eigenvalue weighted by molar-refractivity contribution is 6.10. The summed E-state index contributed by atoms with van der Waals surface area (Å²) in [4.78, 5) is 47.9. The third kappa shape index (κ3) is 5.91. The van der Waals surface area contributed by atoms with Gasteiger partial charge in [0.2, 0.25) is 0 Å². The number of piperidine rings is 1. The van der Waals surface area contributed by atoms with Crippen molar-refractivity contribution in [2.75, 3.05) is 28.6 Å². The summed E-state index contributed by atoms with van der Waals surface area (Å²) in [6, 6.07) is 24.5. The standard InChI is InChI=1S/C33H29N5O4/c39-29-14-17-38(18-15-29)28-11-5-23(6-12-28)32(41)36-26-7-1-21(2-8-26)30(40)22-3-9-27(10-4-22)37-33(42)25-19-24-13-16-34-31(24)35-20-25/h1-13,16,19-20,29,39H,14-15,17-18H2,(H,34,35)(H,36,41)(H,37,42). The van der Waals surface area contributed by atoms with E-state index in [4.69, 9.17) is 0 Å². The quantitative estimate of drug-likeness (QED) is 0.202.